The topological polar surface area (TPSA) is 31.4 Å². The van der Waals surface area contributed by atoms with E-state index >= 15 is 0 Å². The molecule has 2 aliphatic heterocycles. The molecule has 18 heavy (non-hydrogen) atoms. The van der Waals surface area contributed by atoms with Crippen molar-refractivity contribution >= 4 is 5.82 Å². The highest BCUT2D eigenvalue weighted by molar-refractivity contribution is 5.37. The van der Waals surface area contributed by atoms with Crippen molar-refractivity contribution < 1.29 is 0 Å². The van der Waals surface area contributed by atoms with Crippen molar-refractivity contribution in [3.8, 4) is 0 Å². The lowest BCUT2D eigenvalue weighted by molar-refractivity contribution is 0.244. The van der Waals surface area contributed by atoms with Gasteiger partial charge in [0.05, 0.1) is 0 Å². The van der Waals surface area contributed by atoms with Crippen LogP contribution in [0.3, 0.4) is 0 Å². The van der Waals surface area contributed by atoms with Crippen LogP contribution in [0, 0.1) is 5.92 Å². The summed E-state index contributed by atoms with van der Waals surface area (Å²) >= 11 is 0. The molecule has 4 heteroatoms. The highest BCUT2D eigenvalue weighted by Crippen LogP contribution is 2.28. The third-order valence-electron chi connectivity index (χ3n) is 4.21. The standard InChI is InChI=1S/C14H22N4/c1-17(2)14-4-3-11(7-16-14)10-18-6-5-12-8-15-9-13(12)18/h3-4,7,12-13,15H,5-6,8-10H2,1-2H3. The molecule has 0 radical (unpaired) electrons. The Hall–Kier alpha value is -1.13. The summed E-state index contributed by atoms with van der Waals surface area (Å²) < 4.78 is 0. The van der Waals surface area contributed by atoms with Crippen molar-refractivity contribution in [2.45, 2.75) is 19.0 Å². The van der Waals surface area contributed by atoms with Gasteiger partial charge in [-0.05, 0) is 37.1 Å². The van der Waals surface area contributed by atoms with Crippen LogP contribution in [0.4, 0.5) is 5.82 Å². The summed E-state index contributed by atoms with van der Waals surface area (Å²) in [5.41, 5.74) is 1.33. The molecule has 0 aromatic carbocycles. The van der Waals surface area contributed by atoms with E-state index in [0.717, 1.165) is 30.9 Å². The van der Waals surface area contributed by atoms with Crippen LogP contribution in [0.1, 0.15) is 12.0 Å². The van der Waals surface area contributed by atoms with E-state index in [9.17, 15) is 0 Å². The van der Waals surface area contributed by atoms with E-state index < -0.39 is 0 Å². The molecular weight excluding hydrogens is 224 g/mol. The molecule has 3 rings (SSSR count). The number of hydrogen-bond donors (Lipinski definition) is 1. The van der Waals surface area contributed by atoms with Gasteiger partial charge < -0.3 is 10.2 Å². The summed E-state index contributed by atoms with van der Waals surface area (Å²) in [7, 11) is 4.05. The number of aromatic nitrogens is 1. The van der Waals surface area contributed by atoms with Gasteiger partial charge in [-0.15, -0.1) is 0 Å². The summed E-state index contributed by atoms with van der Waals surface area (Å²) in [5.74, 6) is 1.90. The highest BCUT2D eigenvalue weighted by atomic mass is 15.2. The van der Waals surface area contributed by atoms with Crippen molar-refractivity contribution in [2.24, 2.45) is 5.92 Å². The third kappa shape index (κ3) is 2.22. The Kier molecular flexibility index (Phi) is 3.22. The fourth-order valence-electron chi connectivity index (χ4n) is 3.14. The fraction of sp³-hybridized carbons (Fsp3) is 0.643. The second kappa shape index (κ2) is 4.86. The molecule has 0 bridgehead atoms. The number of hydrogen-bond acceptors (Lipinski definition) is 4. The molecule has 2 unspecified atom stereocenters. The molecule has 2 saturated heterocycles. The Labute approximate surface area is 109 Å². The van der Waals surface area contributed by atoms with Crippen molar-refractivity contribution in [3.63, 3.8) is 0 Å². The minimum absolute atomic E-state index is 0.749. The second-order valence-corrected chi connectivity index (χ2v) is 5.66. The van der Waals surface area contributed by atoms with Gasteiger partial charge in [-0.1, -0.05) is 6.07 Å². The molecule has 1 aromatic heterocycles. The molecular formula is C14H22N4. The average Bonchev–Trinajstić information content (AvgIpc) is 2.95. The van der Waals surface area contributed by atoms with Crippen LogP contribution < -0.4 is 10.2 Å². The molecule has 98 valence electrons. The number of pyridine rings is 1. The predicted octanol–water partition coefficient (Wildman–Crippen LogP) is 0.941. The molecule has 0 aliphatic carbocycles. The maximum Gasteiger partial charge on any atom is 0.127 e. The van der Waals surface area contributed by atoms with Crippen LogP contribution in [0.15, 0.2) is 18.3 Å². The smallest absolute Gasteiger partial charge is 0.127 e. The minimum atomic E-state index is 0.749. The third-order valence-corrected chi connectivity index (χ3v) is 4.21. The first-order valence-corrected chi connectivity index (χ1v) is 6.81. The first-order chi connectivity index (χ1) is 8.74. The zero-order valence-corrected chi connectivity index (χ0v) is 11.3. The fourth-order valence-corrected chi connectivity index (χ4v) is 3.14. The van der Waals surface area contributed by atoms with Gasteiger partial charge in [-0.2, -0.15) is 0 Å². The first kappa shape index (κ1) is 11.9. The Morgan fingerprint density at radius 3 is 3.00 bits per heavy atom. The number of fused-ring (bicyclic) bond motifs is 1. The molecule has 2 atom stereocenters. The zero-order valence-electron chi connectivity index (χ0n) is 11.3. The van der Waals surface area contributed by atoms with Crippen LogP contribution in [0.2, 0.25) is 0 Å². The number of anilines is 1. The van der Waals surface area contributed by atoms with Crippen LogP contribution in [-0.4, -0.2) is 49.7 Å². The maximum atomic E-state index is 4.49. The van der Waals surface area contributed by atoms with Gasteiger partial charge in [0, 0.05) is 39.4 Å². The van der Waals surface area contributed by atoms with Gasteiger partial charge in [0.15, 0.2) is 0 Å². The lowest BCUT2D eigenvalue weighted by atomic mass is 10.1. The normalized spacial score (nSPS) is 27.4. The Morgan fingerprint density at radius 1 is 1.39 bits per heavy atom. The Bertz CT molecular complexity index is 401. The molecule has 4 nitrogen and oxygen atoms in total. The van der Waals surface area contributed by atoms with E-state index in [2.05, 4.69) is 27.3 Å². The molecule has 2 aliphatic rings. The lowest BCUT2D eigenvalue weighted by Crippen LogP contribution is -2.33. The van der Waals surface area contributed by atoms with Crippen molar-refractivity contribution in [3.05, 3.63) is 23.9 Å². The molecule has 0 saturated carbocycles. The Balaban J connectivity index is 1.65. The number of nitrogens with zero attached hydrogens (tertiary/aromatic N) is 3. The summed E-state index contributed by atoms with van der Waals surface area (Å²) in [6, 6.07) is 5.06. The summed E-state index contributed by atoms with van der Waals surface area (Å²) in [6.45, 7) is 4.66. The van der Waals surface area contributed by atoms with E-state index in [1.54, 1.807) is 0 Å². The summed E-state index contributed by atoms with van der Waals surface area (Å²) in [4.78, 5) is 9.14. The van der Waals surface area contributed by atoms with Gasteiger partial charge in [0.1, 0.15) is 5.82 Å². The van der Waals surface area contributed by atoms with Crippen molar-refractivity contribution in [1.29, 1.82) is 0 Å². The predicted molar refractivity (Wildman–Crippen MR) is 73.7 cm³/mol. The largest absolute Gasteiger partial charge is 0.363 e. The van der Waals surface area contributed by atoms with Crippen LogP contribution in [0.25, 0.3) is 0 Å². The van der Waals surface area contributed by atoms with E-state index in [1.807, 2.05) is 25.2 Å². The zero-order chi connectivity index (χ0) is 12.5. The van der Waals surface area contributed by atoms with Gasteiger partial charge in [0.2, 0.25) is 0 Å². The summed E-state index contributed by atoms with van der Waals surface area (Å²) in [6.07, 6.45) is 3.37. The molecule has 0 amide bonds. The van der Waals surface area contributed by atoms with Crippen molar-refractivity contribution in [2.75, 3.05) is 38.6 Å². The maximum absolute atomic E-state index is 4.49. The van der Waals surface area contributed by atoms with Gasteiger partial charge >= 0.3 is 0 Å². The number of nitrogens with one attached hydrogen (secondary N) is 1. The van der Waals surface area contributed by atoms with E-state index in [-0.39, 0.29) is 0 Å². The minimum Gasteiger partial charge on any atom is -0.363 e. The molecule has 3 heterocycles. The lowest BCUT2D eigenvalue weighted by Gasteiger charge is -2.23. The van der Waals surface area contributed by atoms with Crippen molar-refractivity contribution in [1.82, 2.24) is 15.2 Å². The van der Waals surface area contributed by atoms with E-state index in [0.29, 0.717) is 0 Å². The van der Waals surface area contributed by atoms with E-state index in [1.165, 1.54) is 25.1 Å². The molecule has 0 spiro atoms. The quantitative estimate of drug-likeness (QED) is 0.860. The number of likely N-dealkylation sites (tertiary alicyclic amines) is 1. The average molecular weight is 246 g/mol. The molecule has 1 aromatic rings. The molecule has 1 N–H and O–H groups in total. The first-order valence-electron chi connectivity index (χ1n) is 6.81. The SMILES string of the molecule is CN(C)c1ccc(CN2CCC3CNCC32)cn1. The van der Waals surface area contributed by atoms with Gasteiger partial charge in [-0.3, -0.25) is 4.90 Å². The van der Waals surface area contributed by atoms with E-state index in [4.69, 9.17) is 0 Å². The summed E-state index contributed by atoms with van der Waals surface area (Å²) in [5, 5.41) is 3.50. The Morgan fingerprint density at radius 2 is 2.28 bits per heavy atom. The second-order valence-electron chi connectivity index (χ2n) is 5.66. The van der Waals surface area contributed by atoms with Gasteiger partial charge in [-0.25, -0.2) is 4.98 Å². The van der Waals surface area contributed by atoms with Crippen LogP contribution in [-0.2, 0) is 6.54 Å². The number of rotatable bonds is 3. The van der Waals surface area contributed by atoms with Crippen LogP contribution >= 0.6 is 0 Å². The monoisotopic (exact) mass is 246 g/mol. The van der Waals surface area contributed by atoms with Gasteiger partial charge in [0.25, 0.3) is 0 Å². The molecule has 2 fully saturated rings. The highest BCUT2D eigenvalue weighted by Gasteiger charge is 2.37. The van der Waals surface area contributed by atoms with Crippen LogP contribution in [0.5, 0.6) is 0 Å².